The summed E-state index contributed by atoms with van der Waals surface area (Å²) in [5, 5.41) is 0. The zero-order valence-corrected chi connectivity index (χ0v) is 6.71. The summed E-state index contributed by atoms with van der Waals surface area (Å²) >= 11 is 5.33. The van der Waals surface area contributed by atoms with Crippen molar-refractivity contribution in [3.05, 3.63) is 33.1 Å². The van der Waals surface area contributed by atoms with Crippen LogP contribution < -0.4 is 11.2 Å². The van der Waals surface area contributed by atoms with E-state index in [0.717, 1.165) is 0 Å². The third kappa shape index (κ3) is 1.35. The molecule has 0 bridgehead atoms. The van der Waals surface area contributed by atoms with Crippen LogP contribution in [0.15, 0.2) is 21.9 Å². The fourth-order valence-corrected chi connectivity index (χ4v) is 0.884. The maximum atomic E-state index is 11.0. The average molecular weight is 175 g/mol. The van der Waals surface area contributed by atoms with Crippen molar-refractivity contribution in [3.8, 4) is 0 Å². The van der Waals surface area contributed by atoms with E-state index in [2.05, 4.69) is 0 Å². The Kier molecular flexibility index (Phi) is 2.14. The van der Waals surface area contributed by atoms with Gasteiger partial charge in [-0.3, -0.25) is 9.36 Å². The van der Waals surface area contributed by atoms with Crippen LogP contribution in [0.25, 0.3) is 0 Å². The number of hydrogen-bond acceptors (Lipinski definition) is 2. The van der Waals surface area contributed by atoms with Crippen molar-refractivity contribution in [1.29, 1.82) is 0 Å². The topological polar surface area (TPSA) is 44.0 Å². The van der Waals surface area contributed by atoms with Crippen LogP contribution in [0.2, 0.25) is 0 Å². The molecule has 0 unspecified atom stereocenters. The van der Waals surface area contributed by atoms with Crippen molar-refractivity contribution in [2.45, 2.75) is 13.5 Å². The second-order valence-corrected chi connectivity index (χ2v) is 2.34. The van der Waals surface area contributed by atoms with Crippen molar-refractivity contribution in [1.82, 2.24) is 8.65 Å². The molecule has 11 heavy (non-hydrogen) atoms. The maximum absolute atomic E-state index is 11.0. The van der Waals surface area contributed by atoms with Crippen LogP contribution in [-0.4, -0.2) is 8.65 Å². The Hall–Kier alpha value is -1.03. The Balaban J connectivity index is 3.50. The van der Waals surface area contributed by atoms with E-state index < -0.39 is 11.2 Å². The molecule has 0 spiro atoms. The molecule has 0 aliphatic heterocycles. The molecular formula is C6H7ClN2O2. The molecular weight excluding hydrogens is 168 g/mol. The van der Waals surface area contributed by atoms with Gasteiger partial charge in [0.1, 0.15) is 0 Å². The average Bonchev–Trinajstić information content (AvgIpc) is 2.01. The van der Waals surface area contributed by atoms with Gasteiger partial charge in [0, 0.05) is 30.6 Å². The first-order chi connectivity index (χ1) is 5.16. The summed E-state index contributed by atoms with van der Waals surface area (Å²) in [6.45, 7) is 2.30. The summed E-state index contributed by atoms with van der Waals surface area (Å²) in [4.78, 5) is 21.7. The standard InChI is InChI=1S/C6H7ClN2O2/c1-2-8-4-3-5(10)9(7)6(8)11/h3-4H,2H2,1H3. The predicted molar refractivity (Wildman–Crippen MR) is 41.9 cm³/mol. The van der Waals surface area contributed by atoms with Gasteiger partial charge in [0.05, 0.1) is 0 Å². The van der Waals surface area contributed by atoms with Gasteiger partial charge in [0.2, 0.25) is 0 Å². The van der Waals surface area contributed by atoms with Gasteiger partial charge in [0.25, 0.3) is 5.56 Å². The fraction of sp³-hybridized carbons (Fsp3) is 0.333. The third-order valence-corrected chi connectivity index (χ3v) is 1.66. The van der Waals surface area contributed by atoms with Crippen molar-refractivity contribution in [3.63, 3.8) is 0 Å². The van der Waals surface area contributed by atoms with Gasteiger partial charge in [0.15, 0.2) is 0 Å². The van der Waals surface area contributed by atoms with Crippen molar-refractivity contribution in [2.24, 2.45) is 0 Å². The van der Waals surface area contributed by atoms with Gasteiger partial charge in [-0.15, -0.1) is 0 Å². The molecule has 0 amide bonds. The van der Waals surface area contributed by atoms with Crippen LogP contribution >= 0.6 is 11.8 Å². The second kappa shape index (κ2) is 2.92. The zero-order chi connectivity index (χ0) is 8.43. The van der Waals surface area contributed by atoms with E-state index in [4.69, 9.17) is 11.8 Å². The molecule has 0 saturated heterocycles. The quantitative estimate of drug-likeness (QED) is 0.603. The zero-order valence-electron chi connectivity index (χ0n) is 5.95. The molecule has 1 aromatic heterocycles. The smallest absolute Gasteiger partial charge is 0.300 e. The Bertz CT molecular complexity index is 366. The number of rotatable bonds is 1. The molecule has 0 aliphatic rings. The van der Waals surface area contributed by atoms with Gasteiger partial charge < -0.3 is 0 Å². The van der Waals surface area contributed by atoms with E-state index >= 15 is 0 Å². The highest BCUT2D eigenvalue weighted by atomic mass is 35.5. The highest BCUT2D eigenvalue weighted by Gasteiger charge is 1.98. The van der Waals surface area contributed by atoms with Crippen LogP contribution in [-0.2, 0) is 6.54 Å². The van der Waals surface area contributed by atoms with Crippen molar-refractivity contribution >= 4 is 11.8 Å². The van der Waals surface area contributed by atoms with Gasteiger partial charge in [-0.2, -0.15) is 4.09 Å². The van der Waals surface area contributed by atoms with Crippen LogP contribution in [0, 0.1) is 0 Å². The first kappa shape index (κ1) is 8.07. The molecule has 1 heterocycles. The lowest BCUT2D eigenvalue weighted by atomic mass is 10.6. The van der Waals surface area contributed by atoms with Crippen LogP contribution in [0.1, 0.15) is 6.92 Å². The lowest BCUT2D eigenvalue weighted by molar-refractivity contribution is 0.679. The third-order valence-electron chi connectivity index (χ3n) is 1.34. The van der Waals surface area contributed by atoms with E-state index in [1.807, 2.05) is 0 Å². The van der Waals surface area contributed by atoms with Crippen molar-refractivity contribution < 1.29 is 0 Å². The Morgan fingerprint density at radius 2 is 2.18 bits per heavy atom. The first-order valence-electron chi connectivity index (χ1n) is 3.15. The fourth-order valence-electron chi connectivity index (χ4n) is 0.731. The van der Waals surface area contributed by atoms with E-state index in [0.29, 0.717) is 10.6 Å². The van der Waals surface area contributed by atoms with Gasteiger partial charge in [-0.1, -0.05) is 0 Å². The minimum absolute atomic E-state index is 0.498. The molecule has 0 saturated carbocycles. The molecule has 1 rings (SSSR count). The van der Waals surface area contributed by atoms with Crippen LogP contribution in [0.4, 0.5) is 0 Å². The predicted octanol–water partition coefficient (Wildman–Crippen LogP) is 0.0318. The number of hydrogen-bond donors (Lipinski definition) is 0. The maximum Gasteiger partial charge on any atom is 0.346 e. The molecule has 5 heteroatoms. The lowest BCUT2D eigenvalue weighted by Gasteiger charge is -1.99. The molecule has 60 valence electrons. The van der Waals surface area contributed by atoms with Gasteiger partial charge >= 0.3 is 5.69 Å². The minimum Gasteiger partial charge on any atom is -0.300 e. The summed E-state index contributed by atoms with van der Waals surface area (Å²) < 4.78 is 1.90. The number of aromatic nitrogens is 2. The van der Waals surface area contributed by atoms with E-state index in [1.165, 1.54) is 16.8 Å². The second-order valence-electron chi connectivity index (χ2n) is 2.00. The lowest BCUT2D eigenvalue weighted by Crippen LogP contribution is -2.33. The summed E-state index contributed by atoms with van der Waals surface area (Å²) in [6, 6.07) is 1.25. The molecule has 0 radical (unpaired) electrons. The summed E-state index contributed by atoms with van der Waals surface area (Å²) in [7, 11) is 0. The molecule has 1 aromatic rings. The van der Waals surface area contributed by atoms with Gasteiger partial charge in [-0.05, 0) is 6.92 Å². The molecule has 0 aromatic carbocycles. The van der Waals surface area contributed by atoms with E-state index in [9.17, 15) is 9.59 Å². The summed E-state index contributed by atoms with van der Waals surface area (Å²) in [5.41, 5.74) is -0.997. The van der Waals surface area contributed by atoms with Crippen LogP contribution in [0.3, 0.4) is 0 Å². The first-order valence-corrected chi connectivity index (χ1v) is 3.49. The normalized spacial score (nSPS) is 10.0. The minimum atomic E-state index is -0.499. The van der Waals surface area contributed by atoms with E-state index in [1.54, 1.807) is 6.92 Å². The van der Waals surface area contributed by atoms with Crippen LogP contribution in [0.5, 0.6) is 0 Å². The SMILES string of the molecule is CCn1ccc(=O)n(Cl)c1=O. The Morgan fingerprint density at radius 3 is 2.73 bits per heavy atom. The molecule has 0 aliphatic carbocycles. The highest BCUT2D eigenvalue weighted by molar-refractivity contribution is 6.15. The monoisotopic (exact) mass is 174 g/mol. The molecule has 0 atom stereocenters. The Morgan fingerprint density at radius 1 is 1.55 bits per heavy atom. The molecule has 4 nitrogen and oxygen atoms in total. The highest BCUT2D eigenvalue weighted by Crippen LogP contribution is 1.78. The number of nitrogens with zero attached hydrogens (tertiary/aromatic N) is 2. The largest absolute Gasteiger partial charge is 0.346 e. The summed E-state index contributed by atoms with van der Waals surface area (Å²) in [5.74, 6) is 0. The summed E-state index contributed by atoms with van der Waals surface area (Å²) in [6.07, 6.45) is 1.42. The molecule has 0 fully saturated rings. The molecule has 0 N–H and O–H groups in total. The number of halogens is 1. The van der Waals surface area contributed by atoms with Gasteiger partial charge in [-0.25, -0.2) is 4.79 Å². The Labute approximate surface area is 67.8 Å². The number of aryl methyl sites for hydroxylation is 1. The van der Waals surface area contributed by atoms with Crippen molar-refractivity contribution in [2.75, 3.05) is 0 Å². The van der Waals surface area contributed by atoms with E-state index in [-0.39, 0.29) is 0 Å².